The highest BCUT2D eigenvalue weighted by Crippen LogP contribution is 2.22. The molecule has 4 heteroatoms. The molecule has 2 rings (SSSR count). The van der Waals surface area contributed by atoms with Crippen LogP contribution in [-0.4, -0.2) is 29.9 Å². The van der Waals surface area contributed by atoms with E-state index in [0.717, 1.165) is 34.8 Å². The van der Waals surface area contributed by atoms with Crippen molar-refractivity contribution in [3.8, 4) is 0 Å². The van der Waals surface area contributed by atoms with Gasteiger partial charge in [0, 0.05) is 28.3 Å². The maximum Gasteiger partial charge on any atom is 0.253 e. The van der Waals surface area contributed by atoms with Gasteiger partial charge in [0.05, 0.1) is 0 Å². The van der Waals surface area contributed by atoms with E-state index in [9.17, 15) is 4.79 Å². The van der Waals surface area contributed by atoms with Crippen molar-refractivity contribution in [1.82, 2.24) is 4.90 Å². The summed E-state index contributed by atoms with van der Waals surface area (Å²) in [6.45, 7) is 0. The zero-order valence-electron chi connectivity index (χ0n) is 10.6. The SMILES string of the molecule is CN(C(=O)c1cccc(I)c1)C1CCC(N)CC1. The molecule has 0 radical (unpaired) electrons. The van der Waals surface area contributed by atoms with Gasteiger partial charge in [0.2, 0.25) is 0 Å². The molecule has 0 aliphatic heterocycles. The van der Waals surface area contributed by atoms with Crippen LogP contribution < -0.4 is 5.73 Å². The monoisotopic (exact) mass is 358 g/mol. The van der Waals surface area contributed by atoms with Crippen molar-refractivity contribution in [3.05, 3.63) is 33.4 Å². The van der Waals surface area contributed by atoms with Gasteiger partial charge in [-0.05, 0) is 66.5 Å². The number of nitrogens with zero attached hydrogens (tertiary/aromatic N) is 1. The molecule has 0 aromatic heterocycles. The molecule has 2 N–H and O–H groups in total. The minimum Gasteiger partial charge on any atom is -0.339 e. The molecule has 0 spiro atoms. The topological polar surface area (TPSA) is 46.3 Å². The summed E-state index contributed by atoms with van der Waals surface area (Å²) in [6.07, 6.45) is 4.09. The zero-order valence-corrected chi connectivity index (χ0v) is 12.8. The lowest BCUT2D eigenvalue weighted by atomic mass is 9.90. The number of halogens is 1. The van der Waals surface area contributed by atoms with Crippen molar-refractivity contribution in [1.29, 1.82) is 0 Å². The predicted molar refractivity (Wildman–Crippen MR) is 81.5 cm³/mol. The van der Waals surface area contributed by atoms with Gasteiger partial charge in [-0.1, -0.05) is 6.07 Å². The van der Waals surface area contributed by atoms with Gasteiger partial charge < -0.3 is 10.6 Å². The number of hydrogen-bond donors (Lipinski definition) is 1. The van der Waals surface area contributed by atoms with Crippen LogP contribution in [0.4, 0.5) is 0 Å². The molecule has 98 valence electrons. The Bertz CT molecular complexity index is 428. The van der Waals surface area contributed by atoms with E-state index >= 15 is 0 Å². The van der Waals surface area contributed by atoms with Crippen molar-refractivity contribution in [2.45, 2.75) is 37.8 Å². The number of nitrogens with two attached hydrogens (primary N) is 1. The van der Waals surface area contributed by atoms with E-state index in [2.05, 4.69) is 22.6 Å². The molecule has 3 nitrogen and oxygen atoms in total. The Morgan fingerprint density at radius 3 is 2.61 bits per heavy atom. The number of benzene rings is 1. The second-order valence-electron chi connectivity index (χ2n) is 5.00. The molecule has 1 aliphatic carbocycles. The molecule has 18 heavy (non-hydrogen) atoms. The fourth-order valence-electron chi connectivity index (χ4n) is 2.48. The highest BCUT2D eigenvalue weighted by atomic mass is 127. The molecule has 0 saturated heterocycles. The smallest absolute Gasteiger partial charge is 0.253 e. The van der Waals surface area contributed by atoms with Gasteiger partial charge in [0.1, 0.15) is 0 Å². The van der Waals surface area contributed by atoms with E-state index in [0.29, 0.717) is 12.1 Å². The molecular weight excluding hydrogens is 339 g/mol. The molecule has 0 bridgehead atoms. The van der Waals surface area contributed by atoms with Crippen LogP contribution in [0.1, 0.15) is 36.0 Å². The fourth-order valence-corrected chi connectivity index (χ4v) is 3.02. The van der Waals surface area contributed by atoms with Crippen LogP contribution in [0, 0.1) is 3.57 Å². The summed E-state index contributed by atoms with van der Waals surface area (Å²) in [6, 6.07) is 8.41. The average Bonchev–Trinajstić information content (AvgIpc) is 2.38. The summed E-state index contributed by atoms with van der Waals surface area (Å²) in [4.78, 5) is 14.3. The number of carbonyl (C=O) groups excluding carboxylic acids is 1. The molecule has 1 saturated carbocycles. The van der Waals surface area contributed by atoms with Crippen molar-refractivity contribution in [2.24, 2.45) is 5.73 Å². The zero-order chi connectivity index (χ0) is 13.1. The van der Waals surface area contributed by atoms with Gasteiger partial charge in [0.25, 0.3) is 5.91 Å². The number of amides is 1. The van der Waals surface area contributed by atoms with Crippen LogP contribution in [0.2, 0.25) is 0 Å². The van der Waals surface area contributed by atoms with Crippen molar-refractivity contribution in [2.75, 3.05) is 7.05 Å². The number of hydrogen-bond acceptors (Lipinski definition) is 2. The van der Waals surface area contributed by atoms with Crippen LogP contribution >= 0.6 is 22.6 Å². The summed E-state index contributed by atoms with van der Waals surface area (Å²) >= 11 is 2.23. The van der Waals surface area contributed by atoms with Gasteiger partial charge in [-0.2, -0.15) is 0 Å². The van der Waals surface area contributed by atoms with Gasteiger partial charge >= 0.3 is 0 Å². The number of rotatable bonds is 2. The van der Waals surface area contributed by atoms with E-state index in [-0.39, 0.29) is 5.91 Å². The second-order valence-corrected chi connectivity index (χ2v) is 6.24. The maximum absolute atomic E-state index is 12.4. The molecule has 1 fully saturated rings. The first-order valence-electron chi connectivity index (χ1n) is 6.36. The molecule has 1 aromatic carbocycles. The first-order valence-corrected chi connectivity index (χ1v) is 7.44. The minimum absolute atomic E-state index is 0.119. The first kappa shape index (κ1) is 13.8. The van der Waals surface area contributed by atoms with Crippen LogP contribution in [0.5, 0.6) is 0 Å². The van der Waals surface area contributed by atoms with Gasteiger partial charge in [-0.25, -0.2) is 0 Å². The minimum atomic E-state index is 0.119. The highest BCUT2D eigenvalue weighted by Gasteiger charge is 2.25. The Morgan fingerprint density at radius 2 is 2.00 bits per heavy atom. The Labute approximate surface area is 122 Å². The van der Waals surface area contributed by atoms with E-state index < -0.39 is 0 Å². The molecular formula is C14H19IN2O. The van der Waals surface area contributed by atoms with Crippen molar-refractivity contribution >= 4 is 28.5 Å². The standard InChI is InChI=1S/C14H19IN2O/c1-17(13-7-5-12(16)6-8-13)14(18)10-3-2-4-11(15)9-10/h2-4,9,12-13H,5-8,16H2,1H3. The summed E-state index contributed by atoms with van der Waals surface area (Å²) in [5.74, 6) is 0.119. The molecule has 0 unspecified atom stereocenters. The lowest BCUT2D eigenvalue weighted by molar-refractivity contribution is 0.0690. The first-order chi connectivity index (χ1) is 8.58. The fraction of sp³-hybridized carbons (Fsp3) is 0.500. The second kappa shape index (κ2) is 6.02. The lowest BCUT2D eigenvalue weighted by Gasteiger charge is -2.33. The predicted octanol–water partition coefficient (Wildman–Crippen LogP) is 2.63. The van der Waals surface area contributed by atoms with Crippen molar-refractivity contribution in [3.63, 3.8) is 0 Å². The Morgan fingerprint density at radius 1 is 1.33 bits per heavy atom. The molecule has 1 aromatic rings. The average molecular weight is 358 g/mol. The van der Waals surface area contributed by atoms with Crippen LogP contribution in [-0.2, 0) is 0 Å². The highest BCUT2D eigenvalue weighted by molar-refractivity contribution is 14.1. The van der Waals surface area contributed by atoms with Crippen LogP contribution in [0.15, 0.2) is 24.3 Å². The van der Waals surface area contributed by atoms with E-state index in [1.54, 1.807) is 0 Å². The third kappa shape index (κ3) is 3.23. The van der Waals surface area contributed by atoms with Gasteiger partial charge in [0.15, 0.2) is 0 Å². The third-order valence-corrected chi connectivity index (χ3v) is 4.35. The molecule has 1 aliphatic rings. The van der Waals surface area contributed by atoms with Gasteiger partial charge in [-0.15, -0.1) is 0 Å². The van der Waals surface area contributed by atoms with Crippen LogP contribution in [0.25, 0.3) is 0 Å². The van der Waals surface area contributed by atoms with E-state index in [1.807, 2.05) is 36.2 Å². The molecule has 0 heterocycles. The maximum atomic E-state index is 12.4. The Hall–Kier alpha value is -0.620. The van der Waals surface area contributed by atoms with Crippen LogP contribution in [0.3, 0.4) is 0 Å². The van der Waals surface area contributed by atoms with E-state index in [1.165, 1.54) is 0 Å². The third-order valence-electron chi connectivity index (χ3n) is 3.68. The summed E-state index contributed by atoms with van der Waals surface area (Å²) in [7, 11) is 1.91. The Balaban J connectivity index is 2.04. The van der Waals surface area contributed by atoms with E-state index in [4.69, 9.17) is 5.73 Å². The normalized spacial score (nSPS) is 23.7. The molecule has 0 atom stereocenters. The number of carbonyl (C=O) groups is 1. The molecule has 1 amide bonds. The summed E-state index contributed by atoms with van der Waals surface area (Å²) < 4.78 is 1.09. The Kier molecular flexibility index (Phi) is 4.61. The lowest BCUT2D eigenvalue weighted by Crippen LogP contribution is -2.41. The quantitative estimate of drug-likeness (QED) is 0.827. The van der Waals surface area contributed by atoms with Crippen molar-refractivity contribution < 1.29 is 4.79 Å². The van der Waals surface area contributed by atoms with Gasteiger partial charge in [-0.3, -0.25) is 4.79 Å². The summed E-state index contributed by atoms with van der Waals surface area (Å²) in [5.41, 5.74) is 6.68. The largest absolute Gasteiger partial charge is 0.339 e. The summed E-state index contributed by atoms with van der Waals surface area (Å²) in [5, 5.41) is 0.